The van der Waals surface area contributed by atoms with Crippen LogP contribution in [0.1, 0.15) is 12.8 Å². The van der Waals surface area contributed by atoms with Gasteiger partial charge in [-0.15, -0.1) is 0 Å². The summed E-state index contributed by atoms with van der Waals surface area (Å²) in [6.45, 7) is 0.775. The Morgan fingerprint density at radius 3 is 2.53 bits per heavy atom. The first-order valence-corrected chi connectivity index (χ1v) is 7.56. The Hall–Kier alpha value is -1.58. The van der Waals surface area contributed by atoms with Crippen LogP contribution in [-0.4, -0.2) is 32.9 Å². The highest BCUT2D eigenvalue weighted by Gasteiger charge is 2.31. The van der Waals surface area contributed by atoms with Gasteiger partial charge in [-0.05, 0) is 25.0 Å². The number of hydrogen-bond acceptors (Lipinski definition) is 4. The molecule has 1 aromatic carbocycles. The zero-order chi connectivity index (χ0) is 13.9. The molecule has 0 spiro atoms. The molecular weight excluding hydrogens is 264 g/mol. The lowest BCUT2D eigenvalue weighted by Gasteiger charge is -2.28. The number of ether oxygens (including phenoxy) is 1. The summed E-state index contributed by atoms with van der Waals surface area (Å²) in [4.78, 5) is 0.188. The fourth-order valence-corrected chi connectivity index (χ4v) is 3.82. The van der Waals surface area contributed by atoms with Crippen LogP contribution < -0.4 is 4.74 Å². The topological polar surface area (TPSA) is 70.4 Å². The SMILES string of the molecule is COc1ccccc1S(=O)(=O)N1CCC(C#N)CC1. The van der Waals surface area contributed by atoms with Crippen molar-refractivity contribution in [2.24, 2.45) is 5.92 Å². The van der Waals surface area contributed by atoms with Crippen molar-refractivity contribution in [1.82, 2.24) is 4.31 Å². The number of sulfonamides is 1. The maximum Gasteiger partial charge on any atom is 0.246 e. The lowest BCUT2D eigenvalue weighted by atomic mass is 10.0. The van der Waals surface area contributed by atoms with Crippen LogP contribution in [-0.2, 0) is 10.0 Å². The molecule has 0 bridgehead atoms. The second-order valence-corrected chi connectivity index (χ2v) is 6.36. The fourth-order valence-electron chi connectivity index (χ4n) is 2.20. The van der Waals surface area contributed by atoms with Gasteiger partial charge in [0.15, 0.2) is 0 Å². The van der Waals surface area contributed by atoms with Gasteiger partial charge in [-0.2, -0.15) is 9.57 Å². The maximum atomic E-state index is 12.5. The molecule has 6 heteroatoms. The predicted octanol–water partition coefficient (Wildman–Crippen LogP) is 1.62. The minimum absolute atomic E-state index is 0.0379. The van der Waals surface area contributed by atoms with Gasteiger partial charge in [0.2, 0.25) is 10.0 Å². The van der Waals surface area contributed by atoms with E-state index in [0.717, 1.165) is 0 Å². The van der Waals surface area contributed by atoms with Crippen molar-refractivity contribution in [2.75, 3.05) is 20.2 Å². The summed E-state index contributed by atoms with van der Waals surface area (Å²) in [5.41, 5.74) is 0. The number of benzene rings is 1. The molecular formula is C13H16N2O3S. The Labute approximate surface area is 113 Å². The van der Waals surface area contributed by atoms with Gasteiger partial charge in [0.1, 0.15) is 10.6 Å². The molecule has 0 unspecified atom stereocenters. The smallest absolute Gasteiger partial charge is 0.246 e. The number of nitriles is 1. The maximum absolute atomic E-state index is 12.5. The summed E-state index contributed by atoms with van der Waals surface area (Å²) in [6, 6.07) is 8.79. The summed E-state index contributed by atoms with van der Waals surface area (Å²) in [6.07, 6.45) is 1.18. The van der Waals surface area contributed by atoms with Crippen molar-refractivity contribution in [3.63, 3.8) is 0 Å². The van der Waals surface area contributed by atoms with Crippen molar-refractivity contribution >= 4 is 10.0 Å². The van der Waals surface area contributed by atoms with Gasteiger partial charge in [-0.25, -0.2) is 8.42 Å². The summed E-state index contributed by atoms with van der Waals surface area (Å²) in [5, 5.41) is 8.84. The Balaban J connectivity index is 2.26. The number of nitrogens with zero attached hydrogens (tertiary/aromatic N) is 2. The van der Waals surface area contributed by atoms with E-state index in [9.17, 15) is 8.42 Å². The zero-order valence-electron chi connectivity index (χ0n) is 10.7. The van der Waals surface area contributed by atoms with Crippen LogP contribution >= 0.6 is 0 Å². The van der Waals surface area contributed by atoms with Crippen molar-refractivity contribution in [3.05, 3.63) is 24.3 Å². The highest BCUT2D eigenvalue weighted by atomic mass is 32.2. The number of rotatable bonds is 3. The molecule has 1 aliphatic heterocycles. The number of piperidine rings is 1. The minimum Gasteiger partial charge on any atom is -0.495 e. The van der Waals surface area contributed by atoms with E-state index in [-0.39, 0.29) is 10.8 Å². The largest absolute Gasteiger partial charge is 0.495 e. The van der Waals surface area contributed by atoms with Crippen LogP contribution in [0.3, 0.4) is 0 Å². The van der Waals surface area contributed by atoms with Crippen LogP contribution in [0, 0.1) is 17.2 Å². The zero-order valence-corrected chi connectivity index (χ0v) is 11.6. The molecule has 2 rings (SSSR count). The highest BCUT2D eigenvalue weighted by molar-refractivity contribution is 7.89. The lowest BCUT2D eigenvalue weighted by Crippen LogP contribution is -2.38. The van der Waals surface area contributed by atoms with Crippen LogP contribution in [0.15, 0.2) is 29.2 Å². The molecule has 1 aliphatic rings. The van der Waals surface area contributed by atoms with Crippen molar-refractivity contribution < 1.29 is 13.2 Å². The van der Waals surface area contributed by atoms with E-state index in [4.69, 9.17) is 10.00 Å². The molecule has 0 N–H and O–H groups in total. The summed E-state index contributed by atoms with van der Waals surface area (Å²) in [5.74, 6) is 0.314. The number of para-hydroxylation sites is 1. The summed E-state index contributed by atoms with van der Waals surface area (Å²) < 4.78 is 31.6. The molecule has 0 atom stereocenters. The van der Waals surface area contributed by atoms with Gasteiger partial charge in [0.25, 0.3) is 0 Å². The van der Waals surface area contributed by atoms with Gasteiger partial charge < -0.3 is 4.74 Å². The van der Waals surface area contributed by atoms with Crippen molar-refractivity contribution in [2.45, 2.75) is 17.7 Å². The molecule has 5 nitrogen and oxygen atoms in total. The highest BCUT2D eigenvalue weighted by Crippen LogP contribution is 2.29. The Bertz CT molecular complexity index is 584. The molecule has 0 aliphatic carbocycles. The standard InChI is InChI=1S/C13H16N2O3S/c1-18-12-4-2-3-5-13(12)19(16,17)15-8-6-11(10-14)7-9-15/h2-5,11H,6-9H2,1H3. The molecule has 1 fully saturated rings. The van der Waals surface area contributed by atoms with Gasteiger partial charge >= 0.3 is 0 Å². The van der Waals surface area contributed by atoms with Gasteiger partial charge in [-0.1, -0.05) is 12.1 Å². The predicted molar refractivity (Wildman–Crippen MR) is 70.1 cm³/mol. The Morgan fingerprint density at radius 1 is 1.32 bits per heavy atom. The molecule has 1 heterocycles. The normalized spacial score (nSPS) is 17.9. The van der Waals surface area contributed by atoms with E-state index in [2.05, 4.69) is 6.07 Å². The monoisotopic (exact) mass is 280 g/mol. The van der Waals surface area contributed by atoms with Crippen LogP contribution in [0.5, 0.6) is 5.75 Å². The van der Waals surface area contributed by atoms with Crippen LogP contribution in [0.2, 0.25) is 0 Å². The van der Waals surface area contributed by atoms with Crippen LogP contribution in [0.4, 0.5) is 0 Å². The quantitative estimate of drug-likeness (QED) is 0.843. The van der Waals surface area contributed by atoms with E-state index in [1.54, 1.807) is 24.3 Å². The molecule has 1 aromatic rings. The Kier molecular flexibility index (Phi) is 4.08. The lowest BCUT2D eigenvalue weighted by molar-refractivity contribution is 0.308. The van der Waals surface area contributed by atoms with E-state index in [1.807, 2.05) is 0 Å². The molecule has 0 saturated carbocycles. The molecule has 102 valence electrons. The first kappa shape index (κ1) is 13.8. The first-order chi connectivity index (χ1) is 9.09. The molecule has 0 radical (unpaired) electrons. The van der Waals surface area contributed by atoms with E-state index >= 15 is 0 Å². The minimum atomic E-state index is -3.54. The van der Waals surface area contributed by atoms with E-state index in [1.165, 1.54) is 11.4 Å². The third-order valence-corrected chi connectivity index (χ3v) is 5.26. The average molecular weight is 280 g/mol. The van der Waals surface area contributed by atoms with E-state index in [0.29, 0.717) is 31.7 Å². The third-order valence-electron chi connectivity index (χ3n) is 3.32. The second-order valence-electron chi connectivity index (χ2n) is 4.46. The van der Waals surface area contributed by atoms with Crippen LogP contribution in [0.25, 0.3) is 0 Å². The number of methoxy groups -OCH3 is 1. The third kappa shape index (κ3) is 2.72. The summed E-state index contributed by atoms with van der Waals surface area (Å²) >= 11 is 0. The van der Waals surface area contributed by atoms with Gasteiger partial charge in [0.05, 0.1) is 13.2 Å². The molecule has 0 aromatic heterocycles. The van der Waals surface area contributed by atoms with Crippen molar-refractivity contribution in [1.29, 1.82) is 5.26 Å². The first-order valence-electron chi connectivity index (χ1n) is 6.12. The van der Waals surface area contributed by atoms with Crippen molar-refractivity contribution in [3.8, 4) is 11.8 Å². The second kappa shape index (κ2) is 5.59. The Morgan fingerprint density at radius 2 is 1.95 bits per heavy atom. The van der Waals surface area contributed by atoms with Gasteiger partial charge in [-0.3, -0.25) is 0 Å². The fraction of sp³-hybridized carbons (Fsp3) is 0.462. The molecule has 0 amide bonds. The van der Waals surface area contributed by atoms with E-state index < -0.39 is 10.0 Å². The van der Waals surface area contributed by atoms with Gasteiger partial charge in [0, 0.05) is 19.0 Å². The molecule has 19 heavy (non-hydrogen) atoms. The molecule has 1 saturated heterocycles. The number of hydrogen-bond donors (Lipinski definition) is 0. The average Bonchev–Trinajstić information content (AvgIpc) is 2.47. The summed E-state index contributed by atoms with van der Waals surface area (Å²) in [7, 11) is -2.08.